The molecular weight excluding hydrogens is 383 g/mol. The summed E-state index contributed by atoms with van der Waals surface area (Å²) in [6.07, 6.45) is 1.60. The molecule has 5 nitrogen and oxygen atoms in total. The molecule has 0 atom stereocenters. The summed E-state index contributed by atoms with van der Waals surface area (Å²) in [6, 6.07) is 19.4. The Balaban J connectivity index is 1.79. The van der Waals surface area contributed by atoms with Crippen molar-refractivity contribution < 1.29 is 19.1 Å². The maximum absolute atomic E-state index is 13.4. The average molecular weight is 400 g/mol. The van der Waals surface area contributed by atoms with Crippen molar-refractivity contribution in [1.29, 1.82) is 0 Å². The van der Waals surface area contributed by atoms with E-state index in [0.717, 1.165) is 11.1 Å². The summed E-state index contributed by atoms with van der Waals surface area (Å²) in [5.41, 5.74) is 3.30. The molecule has 0 bridgehead atoms. The molecule has 1 amide bonds. The molecule has 1 aliphatic heterocycles. The van der Waals surface area contributed by atoms with Gasteiger partial charge in [0.25, 0.3) is 5.91 Å². The number of carbonyl (C=O) groups excluding carboxylic acids is 1. The molecule has 3 aromatic carbocycles. The third-order valence-corrected chi connectivity index (χ3v) is 4.68. The molecule has 30 heavy (non-hydrogen) atoms. The fourth-order valence-electron chi connectivity index (χ4n) is 3.20. The number of rotatable bonds is 4. The van der Waals surface area contributed by atoms with E-state index in [9.17, 15) is 14.0 Å². The van der Waals surface area contributed by atoms with Gasteiger partial charge in [-0.25, -0.2) is 14.2 Å². The van der Waals surface area contributed by atoms with Crippen molar-refractivity contribution >= 4 is 29.5 Å². The summed E-state index contributed by atoms with van der Waals surface area (Å²) in [5.74, 6) is -1.31. The highest BCUT2D eigenvalue weighted by Crippen LogP contribution is 2.28. The molecule has 0 radical (unpaired) electrons. The van der Waals surface area contributed by atoms with Gasteiger partial charge in [-0.2, -0.15) is 0 Å². The maximum Gasteiger partial charge on any atom is 0.335 e. The number of aliphatic imine (C=N–C) groups is 1. The number of anilines is 1. The molecule has 148 valence electrons. The number of benzene rings is 3. The van der Waals surface area contributed by atoms with Crippen molar-refractivity contribution in [1.82, 2.24) is 0 Å². The third kappa shape index (κ3) is 3.75. The van der Waals surface area contributed by atoms with Crippen molar-refractivity contribution in [2.75, 3.05) is 4.90 Å². The second-order valence-electron chi connectivity index (χ2n) is 6.88. The van der Waals surface area contributed by atoms with Gasteiger partial charge in [0, 0.05) is 5.56 Å². The van der Waals surface area contributed by atoms with Crippen LogP contribution in [0.25, 0.3) is 6.08 Å². The number of aryl methyl sites for hydroxylation is 1. The number of carboxylic acid groups (broad SMARTS) is 1. The molecule has 1 N–H and O–H groups in total. The summed E-state index contributed by atoms with van der Waals surface area (Å²) in [5, 5.41) is 9.04. The number of amidine groups is 1. The predicted molar refractivity (Wildman–Crippen MR) is 113 cm³/mol. The van der Waals surface area contributed by atoms with Gasteiger partial charge < -0.3 is 5.11 Å². The van der Waals surface area contributed by atoms with E-state index < -0.39 is 11.8 Å². The lowest BCUT2D eigenvalue weighted by atomic mass is 10.1. The van der Waals surface area contributed by atoms with Crippen LogP contribution < -0.4 is 4.90 Å². The average Bonchev–Trinajstić information content (AvgIpc) is 3.05. The Bertz CT molecular complexity index is 1200. The Labute approximate surface area is 172 Å². The van der Waals surface area contributed by atoms with Crippen LogP contribution in [0.4, 0.5) is 10.1 Å². The van der Waals surface area contributed by atoms with Crippen LogP contribution in [0.5, 0.6) is 0 Å². The summed E-state index contributed by atoms with van der Waals surface area (Å²) >= 11 is 0. The van der Waals surface area contributed by atoms with Crippen LogP contribution >= 0.6 is 0 Å². The van der Waals surface area contributed by atoms with Gasteiger partial charge in [0.05, 0.1) is 11.3 Å². The molecule has 4 rings (SSSR count). The first-order valence-corrected chi connectivity index (χ1v) is 9.23. The van der Waals surface area contributed by atoms with Gasteiger partial charge in [0.1, 0.15) is 17.3 Å². The second-order valence-corrected chi connectivity index (χ2v) is 6.88. The van der Waals surface area contributed by atoms with Crippen molar-refractivity contribution in [3.05, 3.63) is 107 Å². The number of carboxylic acids is 1. The first-order valence-electron chi connectivity index (χ1n) is 9.23. The van der Waals surface area contributed by atoms with Crippen LogP contribution in [-0.2, 0) is 4.79 Å². The first-order chi connectivity index (χ1) is 14.4. The number of halogens is 1. The summed E-state index contributed by atoms with van der Waals surface area (Å²) in [6.45, 7) is 1.95. The molecule has 0 aromatic heterocycles. The fraction of sp³-hybridized carbons (Fsp3) is 0.0417. The topological polar surface area (TPSA) is 70.0 Å². The fourth-order valence-corrected chi connectivity index (χ4v) is 3.20. The van der Waals surface area contributed by atoms with Crippen LogP contribution in [0.1, 0.15) is 27.0 Å². The lowest BCUT2D eigenvalue weighted by Gasteiger charge is -2.18. The van der Waals surface area contributed by atoms with E-state index in [0.29, 0.717) is 17.1 Å². The van der Waals surface area contributed by atoms with Crippen molar-refractivity contribution in [2.45, 2.75) is 6.92 Å². The zero-order chi connectivity index (χ0) is 21.3. The Morgan fingerprint density at radius 2 is 1.73 bits per heavy atom. The molecule has 3 aromatic rings. The minimum atomic E-state index is -1.02. The van der Waals surface area contributed by atoms with Gasteiger partial charge in [0.15, 0.2) is 0 Å². The van der Waals surface area contributed by atoms with Gasteiger partial charge in [-0.05, 0) is 61.0 Å². The van der Waals surface area contributed by atoms with E-state index in [1.54, 1.807) is 18.2 Å². The highest BCUT2D eigenvalue weighted by Gasteiger charge is 2.32. The molecule has 1 heterocycles. The number of hydrogen-bond acceptors (Lipinski definition) is 3. The van der Waals surface area contributed by atoms with Crippen LogP contribution in [0, 0.1) is 12.7 Å². The zero-order valence-electron chi connectivity index (χ0n) is 16.0. The molecule has 0 fully saturated rings. The molecular formula is C24H17FN2O3. The number of hydrogen-bond donors (Lipinski definition) is 1. The SMILES string of the molecule is Cc1cccc(C2=N/C(=C/c3ccc(C(=O)O)cc3)C(=O)N2c2ccc(F)cc2)c1. The molecule has 0 saturated heterocycles. The molecule has 6 heteroatoms. The summed E-state index contributed by atoms with van der Waals surface area (Å²) < 4.78 is 13.4. The van der Waals surface area contributed by atoms with Crippen molar-refractivity contribution in [3.63, 3.8) is 0 Å². The van der Waals surface area contributed by atoms with Crippen molar-refractivity contribution in [2.24, 2.45) is 4.99 Å². The van der Waals surface area contributed by atoms with E-state index in [-0.39, 0.29) is 17.2 Å². The Hall–Kier alpha value is -4.06. The monoisotopic (exact) mass is 400 g/mol. The van der Waals surface area contributed by atoms with Crippen LogP contribution in [0.3, 0.4) is 0 Å². The lowest BCUT2D eigenvalue weighted by molar-refractivity contribution is -0.113. The predicted octanol–water partition coefficient (Wildman–Crippen LogP) is 4.67. The number of aromatic carboxylic acids is 1. The number of nitrogens with zero attached hydrogens (tertiary/aromatic N) is 2. The highest BCUT2D eigenvalue weighted by atomic mass is 19.1. The Kier molecular flexibility index (Phi) is 4.98. The largest absolute Gasteiger partial charge is 0.478 e. The summed E-state index contributed by atoms with van der Waals surface area (Å²) in [7, 11) is 0. The Morgan fingerprint density at radius 3 is 2.37 bits per heavy atom. The van der Waals surface area contributed by atoms with Gasteiger partial charge in [-0.1, -0.05) is 35.9 Å². The lowest BCUT2D eigenvalue weighted by Crippen LogP contribution is -2.32. The molecule has 0 aliphatic carbocycles. The van der Waals surface area contributed by atoms with Gasteiger partial charge in [0.2, 0.25) is 0 Å². The first kappa shape index (κ1) is 19.3. The van der Waals surface area contributed by atoms with Gasteiger partial charge >= 0.3 is 5.97 Å². The summed E-state index contributed by atoms with van der Waals surface area (Å²) in [4.78, 5) is 30.2. The molecule has 0 saturated carbocycles. The third-order valence-electron chi connectivity index (χ3n) is 4.68. The van der Waals surface area contributed by atoms with E-state index in [1.807, 2.05) is 31.2 Å². The van der Waals surface area contributed by atoms with E-state index in [4.69, 9.17) is 5.11 Å². The normalized spacial score (nSPS) is 14.9. The van der Waals surface area contributed by atoms with Crippen LogP contribution in [-0.4, -0.2) is 22.8 Å². The van der Waals surface area contributed by atoms with E-state index >= 15 is 0 Å². The van der Waals surface area contributed by atoms with Crippen LogP contribution in [0.15, 0.2) is 83.5 Å². The highest BCUT2D eigenvalue weighted by molar-refractivity contribution is 6.33. The van der Waals surface area contributed by atoms with Crippen LogP contribution in [0.2, 0.25) is 0 Å². The number of carbonyl (C=O) groups is 2. The molecule has 0 unspecified atom stereocenters. The minimum absolute atomic E-state index is 0.159. The zero-order valence-corrected chi connectivity index (χ0v) is 16.0. The Morgan fingerprint density at radius 1 is 1.03 bits per heavy atom. The van der Waals surface area contributed by atoms with E-state index in [2.05, 4.69) is 4.99 Å². The minimum Gasteiger partial charge on any atom is -0.478 e. The quantitative estimate of drug-likeness (QED) is 0.647. The van der Waals surface area contributed by atoms with Gasteiger partial charge in [-0.3, -0.25) is 9.69 Å². The maximum atomic E-state index is 13.4. The number of amides is 1. The molecule has 0 spiro atoms. The van der Waals surface area contributed by atoms with Crippen molar-refractivity contribution in [3.8, 4) is 0 Å². The molecule has 1 aliphatic rings. The smallest absolute Gasteiger partial charge is 0.335 e. The second kappa shape index (κ2) is 7.75. The van der Waals surface area contributed by atoms with Gasteiger partial charge in [-0.15, -0.1) is 0 Å². The van der Waals surface area contributed by atoms with E-state index in [1.165, 1.54) is 41.3 Å². The standard InChI is InChI=1S/C24H17FN2O3/c1-15-3-2-4-18(13-15)22-26-21(14-16-5-7-17(8-6-16)24(29)30)23(28)27(22)20-11-9-19(25)10-12-20/h2-14H,1H3,(H,29,30)/b21-14+.